The molecule has 0 unspecified atom stereocenters. The topological polar surface area (TPSA) is 32.3 Å². The van der Waals surface area contributed by atoms with Gasteiger partial charge in [0, 0.05) is 0 Å². The fraction of sp³-hybridized carbons (Fsp3) is 0.958. The molecule has 1 fully saturated rings. The first-order chi connectivity index (χ1) is 13.6. The summed E-state index contributed by atoms with van der Waals surface area (Å²) < 4.78 is 5.02. The number of carbonyl (C=O) groups excluding carboxylic acids is 1. The minimum absolute atomic E-state index is 0.270. The number of unbranched alkanes of at least 4 members (excludes halogenated alkanes) is 5. The second kappa shape index (κ2) is 15.8. The number of urea groups is 1. The van der Waals surface area contributed by atoms with Crippen LogP contribution in [0, 0.1) is 0 Å². The van der Waals surface area contributed by atoms with Crippen molar-refractivity contribution in [2.45, 2.75) is 129 Å². The Morgan fingerprint density at radius 2 is 1.29 bits per heavy atom. The van der Waals surface area contributed by atoms with Crippen molar-refractivity contribution < 1.29 is 4.79 Å². The zero-order valence-electron chi connectivity index (χ0n) is 19.7. The van der Waals surface area contributed by atoms with E-state index in [1.165, 1.54) is 96.8 Å². The Morgan fingerprint density at radius 1 is 0.786 bits per heavy atom. The van der Waals surface area contributed by atoms with Gasteiger partial charge in [-0.1, -0.05) is 0 Å². The van der Waals surface area contributed by atoms with Gasteiger partial charge in [-0.3, -0.25) is 0 Å². The van der Waals surface area contributed by atoms with Gasteiger partial charge in [-0.05, 0) is 0 Å². The summed E-state index contributed by atoms with van der Waals surface area (Å²) in [4.78, 5) is 15.3. The fourth-order valence-electron chi connectivity index (χ4n) is 4.95. The van der Waals surface area contributed by atoms with Gasteiger partial charge < -0.3 is 0 Å². The van der Waals surface area contributed by atoms with Crippen molar-refractivity contribution >= 4 is 24.4 Å². The maximum absolute atomic E-state index is 13.2. The molecule has 1 rings (SSSR count). The summed E-state index contributed by atoms with van der Waals surface area (Å²) in [5, 5.41) is 3.69. The number of carbonyl (C=O) groups is 1. The first-order valence-corrected chi connectivity index (χ1v) is 20.4. The van der Waals surface area contributed by atoms with E-state index in [0.717, 1.165) is 13.1 Å². The van der Waals surface area contributed by atoms with Gasteiger partial charge in [0.15, 0.2) is 0 Å². The Kier molecular flexibility index (Phi) is 14.8. The summed E-state index contributed by atoms with van der Waals surface area (Å²) in [7, 11) is 0. The molecular formula is C24H50N2OSn. The Labute approximate surface area is 180 Å². The first kappa shape index (κ1) is 26.1. The predicted octanol–water partition coefficient (Wildman–Crippen LogP) is 7.52. The van der Waals surface area contributed by atoms with E-state index >= 15 is 0 Å². The van der Waals surface area contributed by atoms with Crippen molar-refractivity contribution in [2.75, 3.05) is 13.1 Å². The van der Waals surface area contributed by atoms with Crippen molar-refractivity contribution in [3.05, 3.63) is 0 Å². The van der Waals surface area contributed by atoms with E-state index in [4.69, 9.17) is 0 Å². The molecule has 28 heavy (non-hydrogen) atoms. The Balaban J connectivity index is 3.00. The molecule has 4 heteroatoms. The van der Waals surface area contributed by atoms with Crippen molar-refractivity contribution in [1.29, 1.82) is 0 Å². The number of nitrogens with zero attached hydrogens (tertiary/aromatic N) is 1. The van der Waals surface area contributed by atoms with Crippen LogP contribution in [0.2, 0.25) is 13.3 Å². The Bertz CT molecular complexity index is 374. The molecule has 0 aliphatic carbocycles. The molecule has 0 radical (unpaired) electrons. The summed E-state index contributed by atoms with van der Waals surface area (Å²) in [6.07, 6.45) is 16.8. The Hall–Kier alpha value is 0.0687. The number of hydrogen-bond donors (Lipinski definition) is 1. The van der Waals surface area contributed by atoms with Crippen LogP contribution in [0.4, 0.5) is 4.79 Å². The molecule has 0 aromatic rings. The first-order valence-electron chi connectivity index (χ1n) is 12.7. The molecular weight excluding hydrogens is 451 g/mol. The summed E-state index contributed by atoms with van der Waals surface area (Å²) in [5.41, 5.74) is 0. The molecule has 0 aromatic heterocycles. The van der Waals surface area contributed by atoms with Crippen molar-refractivity contribution in [3.63, 3.8) is 0 Å². The van der Waals surface area contributed by atoms with Crippen LogP contribution in [0.5, 0.6) is 0 Å². The van der Waals surface area contributed by atoms with E-state index in [-0.39, 0.29) is 6.03 Å². The van der Waals surface area contributed by atoms with Crippen molar-refractivity contribution in [1.82, 2.24) is 10.2 Å². The molecule has 1 heterocycles. The molecule has 1 aliphatic heterocycles. The van der Waals surface area contributed by atoms with Crippen LogP contribution in [0.15, 0.2) is 0 Å². The van der Waals surface area contributed by atoms with E-state index in [2.05, 4.69) is 37.9 Å². The van der Waals surface area contributed by atoms with Crippen molar-refractivity contribution in [3.8, 4) is 0 Å². The van der Waals surface area contributed by atoms with Gasteiger partial charge in [-0.15, -0.1) is 0 Å². The van der Waals surface area contributed by atoms with Crippen molar-refractivity contribution in [2.24, 2.45) is 0 Å². The van der Waals surface area contributed by atoms with E-state index in [1.807, 2.05) is 0 Å². The van der Waals surface area contributed by atoms with Gasteiger partial charge in [0.1, 0.15) is 0 Å². The van der Waals surface area contributed by atoms with Gasteiger partial charge in [0.05, 0.1) is 0 Å². The maximum atomic E-state index is 13.2. The van der Waals surface area contributed by atoms with Gasteiger partial charge in [-0.2, -0.15) is 0 Å². The molecule has 1 atom stereocenters. The number of rotatable bonds is 15. The molecule has 0 aromatic carbocycles. The number of likely N-dealkylation sites (tertiary alicyclic amines) is 1. The van der Waals surface area contributed by atoms with Crippen LogP contribution in [-0.2, 0) is 0 Å². The third kappa shape index (κ3) is 9.26. The van der Waals surface area contributed by atoms with Crippen LogP contribution < -0.4 is 5.32 Å². The van der Waals surface area contributed by atoms with Gasteiger partial charge >= 0.3 is 181 Å². The number of piperidine rings is 1. The second-order valence-electron chi connectivity index (χ2n) is 9.22. The van der Waals surface area contributed by atoms with E-state index in [1.54, 1.807) is 0 Å². The van der Waals surface area contributed by atoms with Crippen LogP contribution in [-0.4, -0.2) is 46.5 Å². The second-order valence-corrected chi connectivity index (χ2v) is 23.3. The third-order valence-corrected chi connectivity index (χ3v) is 23.9. The van der Waals surface area contributed by atoms with E-state index in [9.17, 15) is 4.79 Å². The zero-order chi connectivity index (χ0) is 20.7. The predicted molar refractivity (Wildman–Crippen MR) is 127 cm³/mol. The third-order valence-electron chi connectivity index (χ3n) is 6.86. The van der Waals surface area contributed by atoms with E-state index < -0.39 is 18.4 Å². The van der Waals surface area contributed by atoms with Gasteiger partial charge in [0.2, 0.25) is 0 Å². The van der Waals surface area contributed by atoms with Crippen LogP contribution in [0.25, 0.3) is 0 Å². The molecule has 2 amide bonds. The van der Waals surface area contributed by atoms with Gasteiger partial charge in [-0.25, -0.2) is 0 Å². The number of amides is 2. The average Bonchev–Trinajstić information content (AvgIpc) is 2.73. The normalized spacial score (nSPS) is 16.2. The number of nitrogens with one attached hydrogen (secondary N) is 1. The number of hydrogen-bond acceptors (Lipinski definition) is 1. The standard InChI is InChI=1S/C12H23N2O.3C4H9.Sn/c1-2-3-4-6-9-13-12(15)14-10-7-5-8-11-14;3*1-3-4-2;/h9H,2-8,10-11H2,1H3,(H,13,15);3*1,3-4H2,2H3;. The molecule has 0 spiro atoms. The zero-order valence-corrected chi connectivity index (χ0v) is 22.5. The van der Waals surface area contributed by atoms with Gasteiger partial charge in [0.25, 0.3) is 0 Å². The quantitative estimate of drug-likeness (QED) is 0.183. The molecule has 0 bridgehead atoms. The molecule has 1 saturated heterocycles. The SMILES string of the molecule is CCCCC[C@@H](NC(=O)N1CCCCC1)[Sn]([CH2]CCC)([CH2]CCC)[CH2]CCC. The molecule has 1 N–H and O–H groups in total. The summed E-state index contributed by atoms with van der Waals surface area (Å²) in [5.74, 6) is 0. The molecule has 3 nitrogen and oxygen atoms in total. The monoisotopic (exact) mass is 502 g/mol. The molecule has 1 aliphatic rings. The Morgan fingerprint density at radius 3 is 1.75 bits per heavy atom. The summed E-state index contributed by atoms with van der Waals surface area (Å²) in [6, 6.07) is 0.270. The molecule has 166 valence electrons. The van der Waals surface area contributed by atoms with Crippen LogP contribution in [0.3, 0.4) is 0 Å². The summed E-state index contributed by atoms with van der Waals surface area (Å²) >= 11 is -2.45. The summed E-state index contributed by atoms with van der Waals surface area (Å²) in [6.45, 7) is 11.3. The average molecular weight is 501 g/mol. The minimum atomic E-state index is -2.45. The van der Waals surface area contributed by atoms with Crippen LogP contribution >= 0.6 is 0 Å². The van der Waals surface area contributed by atoms with E-state index in [0.29, 0.717) is 4.06 Å². The molecule has 0 saturated carbocycles. The fourth-order valence-corrected chi connectivity index (χ4v) is 22.7. The van der Waals surface area contributed by atoms with Crippen LogP contribution in [0.1, 0.15) is 111 Å².